The fourth-order valence-electron chi connectivity index (χ4n) is 0.970. The average molecular weight is 231 g/mol. The molecule has 0 aliphatic carbocycles. The van der Waals surface area contributed by atoms with Gasteiger partial charge in [-0.15, -0.1) is 0 Å². The Morgan fingerprint density at radius 1 is 1.50 bits per heavy atom. The highest BCUT2D eigenvalue weighted by molar-refractivity contribution is 5.85. The van der Waals surface area contributed by atoms with Crippen LogP contribution in [0.1, 0.15) is 19.8 Å². The van der Waals surface area contributed by atoms with Gasteiger partial charge in [0.2, 0.25) is 11.8 Å². The van der Waals surface area contributed by atoms with Crippen molar-refractivity contribution in [3.8, 4) is 0 Å². The van der Waals surface area contributed by atoms with Gasteiger partial charge in [0, 0.05) is 6.42 Å². The summed E-state index contributed by atoms with van der Waals surface area (Å²) in [5.74, 6) is -1.20. The highest BCUT2D eigenvalue weighted by Crippen LogP contribution is 1.96. The van der Waals surface area contributed by atoms with E-state index < -0.39 is 30.0 Å². The number of primary amides is 1. The molecule has 0 aromatic heterocycles. The Morgan fingerprint density at radius 3 is 2.44 bits per heavy atom. The van der Waals surface area contributed by atoms with Crippen LogP contribution in [0.4, 0.5) is 0 Å². The Balaban J connectivity index is 4.16. The molecule has 0 fully saturated rings. The number of rotatable bonds is 7. The van der Waals surface area contributed by atoms with Crippen LogP contribution in [0.15, 0.2) is 0 Å². The van der Waals surface area contributed by atoms with Gasteiger partial charge in [-0.25, -0.2) is 0 Å². The molecule has 2 amide bonds. The zero-order valence-corrected chi connectivity index (χ0v) is 9.05. The van der Waals surface area contributed by atoms with Crippen LogP contribution in [-0.4, -0.2) is 41.4 Å². The molecule has 0 spiro atoms. The van der Waals surface area contributed by atoms with Crippen LogP contribution >= 0.6 is 0 Å². The fraction of sp³-hybridized carbons (Fsp3) is 0.667. The SMILES string of the molecule is C[C@@H](O)[C@H](N)C(=O)N[C@@H](C=O)CCC(N)=O. The molecule has 0 aliphatic heterocycles. The smallest absolute Gasteiger partial charge is 0.240 e. The standard InChI is InChI=1S/C9H17N3O4/c1-5(14)8(11)9(16)12-6(4-13)2-3-7(10)15/h4-6,8,14H,2-3,11H2,1H3,(H2,10,15)(H,12,16)/t5-,6-,8+/m1/s1. The van der Waals surface area contributed by atoms with Crippen molar-refractivity contribution in [2.24, 2.45) is 11.5 Å². The number of carbonyl (C=O) groups is 3. The van der Waals surface area contributed by atoms with E-state index in [1.165, 1.54) is 6.92 Å². The first kappa shape index (κ1) is 14.5. The zero-order chi connectivity index (χ0) is 12.7. The second-order valence-electron chi connectivity index (χ2n) is 3.52. The molecule has 92 valence electrons. The van der Waals surface area contributed by atoms with Gasteiger partial charge in [-0.3, -0.25) is 9.59 Å². The van der Waals surface area contributed by atoms with Crippen LogP contribution in [-0.2, 0) is 14.4 Å². The molecule has 6 N–H and O–H groups in total. The second kappa shape index (κ2) is 6.91. The lowest BCUT2D eigenvalue weighted by Crippen LogP contribution is -2.50. The largest absolute Gasteiger partial charge is 0.391 e. The van der Waals surface area contributed by atoms with Crippen molar-refractivity contribution in [3.05, 3.63) is 0 Å². The minimum atomic E-state index is -1.10. The van der Waals surface area contributed by atoms with Crippen LogP contribution in [0, 0.1) is 0 Å². The van der Waals surface area contributed by atoms with Crippen LogP contribution in [0.25, 0.3) is 0 Å². The lowest BCUT2D eigenvalue weighted by molar-refractivity contribution is -0.127. The zero-order valence-electron chi connectivity index (χ0n) is 9.05. The molecule has 0 saturated carbocycles. The molecule has 3 atom stereocenters. The summed E-state index contributed by atoms with van der Waals surface area (Å²) in [5.41, 5.74) is 10.3. The number of aliphatic hydroxyl groups is 1. The monoisotopic (exact) mass is 231 g/mol. The maximum atomic E-state index is 11.3. The topological polar surface area (TPSA) is 136 Å². The number of carbonyl (C=O) groups excluding carboxylic acids is 3. The van der Waals surface area contributed by atoms with E-state index in [1.807, 2.05) is 0 Å². The molecule has 0 aromatic rings. The van der Waals surface area contributed by atoms with E-state index in [-0.39, 0.29) is 12.8 Å². The Bertz CT molecular complexity index is 267. The van der Waals surface area contributed by atoms with E-state index >= 15 is 0 Å². The number of aldehydes is 1. The van der Waals surface area contributed by atoms with E-state index in [9.17, 15) is 14.4 Å². The van der Waals surface area contributed by atoms with Crippen molar-refractivity contribution in [1.29, 1.82) is 0 Å². The third-order valence-corrected chi connectivity index (χ3v) is 2.02. The van der Waals surface area contributed by atoms with Gasteiger partial charge in [-0.1, -0.05) is 0 Å². The highest BCUT2D eigenvalue weighted by Gasteiger charge is 2.21. The van der Waals surface area contributed by atoms with E-state index in [0.29, 0.717) is 6.29 Å². The van der Waals surface area contributed by atoms with Gasteiger partial charge in [0.05, 0.1) is 12.1 Å². The molecule has 7 nitrogen and oxygen atoms in total. The first-order valence-electron chi connectivity index (χ1n) is 4.86. The maximum absolute atomic E-state index is 11.3. The summed E-state index contributed by atoms with van der Waals surface area (Å²) in [5, 5.41) is 11.4. The summed E-state index contributed by atoms with van der Waals surface area (Å²) in [6.07, 6.45) is -0.399. The van der Waals surface area contributed by atoms with Crippen molar-refractivity contribution in [2.75, 3.05) is 0 Å². The van der Waals surface area contributed by atoms with E-state index in [4.69, 9.17) is 16.6 Å². The predicted molar refractivity (Wildman–Crippen MR) is 56.1 cm³/mol. The summed E-state index contributed by atoms with van der Waals surface area (Å²) < 4.78 is 0. The van der Waals surface area contributed by atoms with Gasteiger partial charge in [-0.05, 0) is 13.3 Å². The van der Waals surface area contributed by atoms with Gasteiger partial charge in [-0.2, -0.15) is 0 Å². The molecular formula is C9H17N3O4. The summed E-state index contributed by atoms with van der Waals surface area (Å²) >= 11 is 0. The van der Waals surface area contributed by atoms with Gasteiger partial charge < -0.3 is 26.7 Å². The van der Waals surface area contributed by atoms with E-state index in [0.717, 1.165) is 0 Å². The van der Waals surface area contributed by atoms with Gasteiger partial charge in [0.25, 0.3) is 0 Å². The van der Waals surface area contributed by atoms with Crippen molar-refractivity contribution in [2.45, 2.75) is 38.0 Å². The number of amides is 2. The number of aliphatic hydroxyl groups excluding tert-OH is 1. The number of hydrogen-bond acceptors (Lipinski definition) is 5. The van der Waals surface area contributed by atoms with Crippen LogP contribution in [0.3, 0.4) is 0 Å². The van der Waals surface area contributed by atoms with Gasteiger partial charge >= 0.3 is 0 Å². The Kier molecular flexibility index (Phi) is 6.28. The number of hydrogen-bond donors (Lipinski definition) is 4. The first-order chi connectivity index (χ1) is 7.38. The minimum Gasteiger partial charge on any atom is -0.391 e. The number of nitrogens with two attached hydrogens (primary N) is 2. The van der Waals surface area contributed by atoms with E-state index in [2.05, 4.69) is 5.32 Å². The van der Waals surface area contributed by atoms with Crippen LogP contribution in [0.2, 0.25) is 0 Å². The Labute approximate surface area is 93.2 Å². The van der Waals surface area contributed by atoms with Crippen LogP contribution in [0.5, 0.6) is 0 Å². The summed E-state index contributed by atoms with van der Waals surface area (Å²) in [6, 6.07) is -1.92. The third kappa shape index (κ3) is 5.42. The highest BCUT2D eigenvalue weighted by atomic mass is 16.3. The maximum Gasteiger partial charge on any atom is 0.240 e. The summed E-state index contributed by atoms with van der Waals surface area (Å²) in [7, 11) is 0. The van der Waals surface area contributed by atoms with Crippen molar-refractivity contribution in [1.82, 2.24) is 5.32 Å². The molecule has 0 aliphatic rings. The second-order valence-corrected chi connectivity index (χ2v) is 3.52. The third-order valence-electron chi connectivity index (χ3n) is 2.02. The van der Waals surface area contributed by atoms with Crippen molar-refractivity contribution >= 4 is 18.1 Å². The molecule has 0 saturated heterocycles. The molecule has 0 radical (unpaired) electrons. The van der Waals surface area contributed by atoms with Gasteiger partial charge in [0.15, 0.2) is 0 Å². The van der Waals surface area contributed by atoms with Crippen molar-refractivity contribution in [3.63, 3.8) is 0 Å². The molecule has 0 aromatic carbocycles. The molecule has 0 bridgehead atoms. The summed E-state index contributed by atoms with van der Waals surface area (Å²) in [4.78, 5) is 32.4. The Hall–Kier alpha value is -1.47. The molecule has 0 heterocycles. The first-order valence-corrected chi connectivity index (χ1v) is 4.86. The average Bonchev–Trinajstić information content (AvgIpc) is 2.22. The van der Waals surface area contributed by atoms with Crippen molar-refractivity contribution < 1.29 is 19.5 Å². The predicted octanol–water partition coefficient (Wildman–Crippen LogP) is -2.36. The summed E-state index contributed by atoms with van der Waals surface area (Å²) in [6.45, 7) is 1.36. The number of nitrogens with one attached hydrogen (secondary N) is 1. The van der Waals surface area contributed by atoms with Gasteiger partial charge in [0.1, 0.15) is 12.3 Å². The van der Waals surface area contributed by atoms with E-state index in [1.54, 1.807) is 0 Å². The molecule has 0 unspecified atom stereocenters. The minimum absolute atomic E-state index is 0.00635. The van der Waals surface area contributed by atoms with Crippen LogP contribution < -0.4 is 16.8 Å². The molecule has 0 rings (SSSR count). The lowest BCUT2D eigenvalue weighted by Gasteiger charge is -2.17. The molecular weight excluding hydrogens is 214 g/mol. The molecule has 16 heavy (non-hydrogen) atoms. The lowest BCUT2D eigenvalue weighted by atomic mass is 10.1. The quantitative estimate of drug-likeness (QED) is 0.363. The Morgan fingerprint density at radius 2 is 2.06 bits per heavy atom. The molecule has 7 heteroatoms. The fourth-order valence-corrected chi connectivity index (χ4v) is 0.970. The normalized spacial score (nSPS) is 15.9.